The lowest BCUT2D eigenvalue weighted by atomic mass is 10.0. The van der Waals surface area contributed by atoms with Gasteiger partial charge in [0.15, 0.2) is 15.5 Å². The zero-order valence-corrected chi connectivity index (χ0v) is 26.1. The summed E-state index contributed by atoms with van der Waals surface area (Å²) in [4.78, 5) is 38.5. The highest BCUT2D eigenvalue weighted by molar-refractivity contribution is 7.90. The van der Waals surface area contributed by atoms with Gasteiger partial charge in [-0.1, -0.05) is 44.2 Å². The van der Waals surface area contributed by atoms with E-state index in [1.54, 1.807) is 21.9 Å². The first-order chi connectivity index (χ1) is 20.7. The van der Waals surface area contributed by atoms with Gasteiger partial charge < -0.3 is 9.80 Å². The topological polar surface area (TPSA) is 105 Å². The van der Waals surface area contributed by atoms with Gasteiger partial charge >= 0.3 is 5.69 Å². The maximum atomic E-state index is 15.9. The zero-order chi connectivity index (χ0) is 32.1. The van der Waals surface area contributed by atoms with Gasteiger partial charge in [0.05, 0.1) is 21.0 Å². The van der Waals surface area contributed by atoms with Gasteiger partial charge in [0.2, 0.25) is 5.91 Å². The molecule has 13 heteroatoms. The molecule has 1 aliphatic heterocycles. The highest BCUT2D eigenvalue weighted by atomic mass is 35.5. The summed E-state index contributed by atoms with van der Waals surface area (Å²) in [6, 6.07) is 8.90. The second-order valence-corrected chi connectivity index (χ2v) is 13.4. The molecule has 0 unspecified atom stereocenters. The van der Waals surface area contributed by atoms with Crippen LogP contribution in [-0.4, -0.2) is 65.7 Å². The van der Waals surface area contributed by atoms with Crippen molar-refractivity contribution in [2.75, 3.05) is 30.8 Å². The SMILES string of the molecule is C=CC(=O)N1CCN(c2nc(=O)n(-c3c(C(C)C)cccc3S(C)(=O)=O)c3nc(-c4cc(F)ccc4Cl)c(F)cc23)[C@@H](C)C1. The molecule has 1 aliphatic rings. The molecule has 0 spiro atoms. The monoisotopic (exact) mass is 641 g/mol. The third-order valence-corrected chi connectivity index (χ3v) is 9.10. The Balaban J connectivity index is 1.89. The van der Waals surface area contributed by atoms with Gasteiger partial charge in [0.1, 0.15) is 23.1 Å². The van der Waals surface area contributed by atoms with Gasteiger partial charge in [0, 0.05) is 37.5 Å². The number of rotatable bonds is 6. The summed E-state index contributed by atoms with van der Waals surface area (Å²) < 4.78 is 57.4. The van der Waals surface area contributed by atoms with Gasteiger partial charge in [-0.2, -0.15) is 4.98 Å². The Labute approximate surface area is 258 Å². The fraction of sp³-hybridized carbons (Fsp3) is 0.290. The Bertz CT molecular complexity index is 2000. The third kappa shape index (κ3) is 5.59. The second kappa shape index (κ2) is 11.7. The molecule has 0 aliphatic carbocycles. The van der Waals surface area contributed by atoms with E-state index in [4.69, 9.17) is 11.6 Å². The number of pyridine rings is 1. The minimum Gasteiger partial charge on any atom is -0.350 e. The molecule has 2 aromatic carbocycles. The molecule has 230 valence electrons. The zero-order valence-electron chi connectivity index (χ0n) is 24.5. The Morgan fingerprint density at radius 2 is 1.86 bits per heavy atom. The number of benzene rings is 2. The van der Waals surface area contributed by atoms with Crippen LogP contribution in [0.4, 0.5) is 14.6 Å². The van der Waals surface area contributed by atoms with Crippen LogP contribution in [0.3, 0.4) is 0 Å². The summed E-state index contributed by atoms with van der Waals surface area (Å²) in [7, 11) is -3.88. The molecule has 1 saturated heterocycles. The van der Waals surface area contributed by atoms with Gasteiger partial charge in [-0.15, -0.1) is 0 Å². The van der Waals surface area contributed by atoms with Crippen molar-refractivity contribution in [2.24, 2.45) is 0 Å². The van der Waals surface area contributed by atoms with E-state index in [2.05, 4.69) is 16.5 Å². The lowest BCUT2D eigenvalue weighted by Gasteiger charge is -2.40. The number of para-hydroxylation sites is 1. The van der Waals surface area contributed by atoms with Gasteiger partial charge in [-0.25, -0.2) is 31.5 Å². The summed E-state index contributed by atoms with van der Waals surface area (Å²) in [6.07, 6.45) is 2.25. The molecule has 0 bridgehead atoms. The number of halogens is 3. The first-order valence-corrected chi connectivity index (χ1v) is 16.1. The van der Waals surface area contributed by atoms with E-state index in [0.29, 0.717) is 18.7 Å². The van der Waals surface area contributed by atoms with Crippen molar-refractivity contribution < 1.29 is 22.0 Å². The summed E-state index contributed by atoms with van der Waals surface area (Å²) in [6.45, 7) is 9.91. The number of anilines is 1. The number of amides is 1. The summed E-state index contributed by atoms with van der Waals surface area (Å²) >= 11 is 6.34. The Morgan fingerprint density at radius 1 is 1.14 bits per heavy atom. The van der Waals surface area contributed by atoms with Crippen molar-refractivity contribution in [1.82, 2.24) is 19.4 Å². The fourth-order valence-electron chi connectivity index (χ4n) is 5.54. The number of sulfone groups is 1. The van der Waals surface area contributed by atoms with Crippen LogP contribution in [0.1, 0.15) is 32.3 Å². The summed E-state index contributed by atoms with van der Waals surface area (Å²) in [5.41, 5.74) is -0.751. The quantitative estimate of drug-likeness (QED) is 0.269. The van der Waals surface area contributed by atoms with E-state index in [-0.39, 0.29) is 68.1 Å². The molecule has 2 aromatic heterocycles. The molecule has 3 heterocycles. The van der Waals surface area contributed by atoms with Crippen LogP contribution in [-0.2, 0) is 14.6 Å². The van der Waals surface area contributed by atoms with Crippen molar-refractivity contribution in [3.05, 3.63) is 87.8 Å². The van der Waals surface area contributed by atoms with Crippen molar-refractivity contribution >= 4 is 44.2 Å². The molecule has 1 amide bonds. The number of carbonyl (C=O) groups is 1. The number of fused-ring (bicyclic) bond motifs is 1. The van der Waals surface area contributed by atoms with Crippen molar-refractivity contribution in [3.63, 3.8) is 0 Å². The first-order valence-electron chi connectivity index (χ1n) is 13.8. The van der Waals surface area contributed by atoms with Crippen molar-refractivity contribution in [2.45, 2.75) is 37.6 Å². The molecule has 5 rings (SSSR count). The maximum Gasteiger partial charge on any atom is 0.355 e. The van der Waals surface area contributed by atoms with Gasteiger partial charge in [-0.3, -0.25) is 4.79 Å². The predicted molar refractivity (Wildman–Crippen MR) is 166 cm³/mol. The van der Waals surface area contributed by atoms with E-state index in [9.17, 15) is 22.4 Å². The van der Waals surface area contributed by atoms with E-state index >= 15 is 4.39 Å². The highest BCUT2D eigenvalue weighted by Crippen LogP contribution is 2.36. The first kappa shape index (κ1) is 31.3. The number of hydrogen-bond donors (Lipinski definition) is 0. The van der Waals surface area contributed by atoms with E-state index in [1.165, 1.54) is 18.2 Å². The highest BCUT2D eigenvalue weighted by Gasteiger charge is 2.31. The van der Waals surface area contributed by atoms with Gasteiger partial charge in [0.25, 0.3) is 0 Å². The third-order valence-electron chi connectivity index (χ3n) is 7.65. The molecule has 1 fully saturated rings. The number of hydrogen-bond acceptors (Lipinski definition) is 7. The molecule has 4 aromatic rings. The summed E-state index contributed by atoms with van der Waals surface area (Å²) in [5, 5.41) is 0.142. The molecule has 9 nitrogen and oxygen atoms in total. The van der Waals surface area contributed by atoms with Crippen LogP contribution >= 0.6 is 11.6 Å². The Morgan fingerprint density at radius 3 is 2.50 bits per heavy atom. The maximum absolute atomic E-state index is 15.9. The largest absolute Gasteiger partial charge is 0.355 e. The normalized spacial score (nSPS) is 15.7. The van der Waals surface area contributed by atoms with Crippen LogP contribution in [0.2, 0.25) is 5.02 Å². The number of aromatic nitrogens is 3. The number of carbonyl (C=O) groups excluding carboxylic acids is 1. The van der Waals surface area contributed by atoms with Gasteiger partial charge in [-0.05, 0) is 54.8 Å². The van der Waals surface area contributed by atoms with Crippen molar-refractivity contribution in [3.8, 4) is 16.9 Å². The van der Waals surface area contributed by atoms with E-state index < -0.39 is 27.2 Å². The number of nitrogens with zero attached hydrogens (tertiary/aromatic N) is 5. The fourth-order valence-corrected chi connectivity index (χ4v) is 6.63. The van der Waals surface area contributed by atoms with Crippen LogP contribution in [0, 0.1) is 11.6 Å². The lowest BCUT2D eigenvalue weighted by Crippen LogP contribution is -2.54. The average Bonchev–Trinajstić information content (AvgIpc) is 2.97. The van der Waals surface area contributed by atoms with Crippen LogP contribution in [0.15, 0.2) is 64.8 Å². The van der Waals surface area contributed by atoms with Crippen LogP contribution in [0.25, 0.3) is 28.0 Å². The Hall–Kier alpha value is -4.16. The average molecular weight is 642 g/mol. The predicted octanol–water partition coefficient (Wildman–Crippen LogP) is 5.13. The van der Waals surface area contributed by atoms with Crippen molar-refractivity contribution in [1.29, 1.82) is 0 Å². The van der Waals surface area contributed by atoms with Crippen LogP contribution in [0.5, 0.6) is 0 Å². The molecule has 44 heavy (non-hydrogen) atoms. The lowest BCUT2D eigenvalue weighted by molar-refractivity contribution is -0.126. The summed E-state index contributed by atoms with van der Waals surface area (Å²) in [5.74, 6) is -1.89. The molecule has 0 radical (unpaired) electrons. The molecular weight excluding hydrogens is 612 g/mol. The molecule has 1 atom stereocenters. The molecule has 0 N–H and O–H groups in total. The molecular formula is C31H30ClF2N5O4S. The second-order valence-electron chi connectivity index (χ2n) is 11.0. The van der Waals surface area contributed by atoms with Crippen LogP contribution < -0.4 is 10.6 Å². The van der Waals surface area contributed by atoms with E-state index in [1.807, 2.05) is 20.8 Å². The smallest absolute Gasteiger partial charge is 0.350 e. The van der Waals surface area contributed by atoms with E-state index in [0.717, 1.165) is 29.0 Å². The number of piperazine rings is 1. The Kier molecular flexibility index (Phi) is 8.34. The molecule has 0 saturated carbocycles. The standard InChI is InChI=1S/C31H30ClF2N5O4S/c1-6-26(40)37-12-13-38(18(4)16-37)29-22-15-24(34)27(21-14-19(33)10-11-23(21)32)35-30(22)39(31(41)36-29)28-20(17(2)3)8-7-9-25(28)44(5,42)43/h6-11,14-15,17-18H,1,12-13,16H2,2-5H3/t18-/m0/s1. The minimum atomic E-state index is -3.88. The minimum absolute atomic E-state index is 0.0244.